The highest BCUT2D eigenvalue weighted by Crippen LogP contribution is 1.96. The zero-order valence-corrected chi connectivity index (χ0v) is 9.70. The topological polar surface area (TPSA) is 38.8 Å². The lowest BCUT2D eigenvalue weighted by Gasteiger charge is -2.20. The fraction of sp³-hybridized carbons (Fsp3) is 0.727. The van der Waals surface area contributed by atoms with E-state index in [0.29, 0.717) is 19.6 Å². The zero-order chi connectivity index (χ0) is 11.5. The first kappa shape index (κ1) is 14.1. The molecule has 88 valence electrons. The Morgan fingerprint density at radius 3 is 2.60 bits per heavy atom. The molecule has 4 heteroatoms. The Morgan fingerprint density at radius 1 is 1.33 bits per heavy atom. The van der Waals surface area contributed by atoms with Crippen molar-refractivity contribution in [2.45, 2.75) is 12.8 Å². The van der Waals surface area contributed by atoms with Gasteiger partial charge in [0.15, 0.2) is 0 Å². The molecule has 0 amide bonds. The Labute approximate surface area is 91.8 Å². The summed E-state index contributed by atoms with van der Waals surface area (Å²) in [5.74, 6) is -0.170. The molecular formula is C11H21NO3. The molecule has 0 aromatic heterocycles. The Bertz CT molecular complexity index is 183. The summed E-state index contributed by atoms with van der Waals surface area (Å²) in [5.41, 5.74) is 0. The van der Waals surface area contributed by atoms with Crippen LogP contribution in [0.1, 0.15) is 12.8 Å². The minimum atomic E-state index is -0.170. The van der Waals surface area contributed by atoms with E-state index in [9.17, 15) is 4.79 Å². The molecule has 0 spiro atoms. The number of nitrogens with zero attached hydrogens (tertiary/aromatic N) is 1. The van der Waals surface area contributed by atoms with Crippen molar-refractivity contribution in [3.8, 4) is 0 Å². The SMILES string of the molecule is C=CCCN(CCOC)CCC(=O)OC. The average molecular weight is 215 g/mol. The smallest absolute Gasteiger partial charge is 0.306 e. The van der Waals surface area contributed by atoms with Gasteiger partial charge >= 0.3 is 5.97 Å². The van der Waals surface area contributed by atoms with Crippen molar-refractivity contribution in [2.24, 2.45) is 0 Å². The summed E-state index contributed by atoms with van der Waals surface area (Å²) in [6.45, 7) is 6.81. The van der Waals surface area contributed by atoms with Crippen LogP contribution in [0.25, 0.3) is 0 Å². The second-order valence-corrected chi connectivity index (χ2v) is 3.24. The predicted octanol–water partition coefficient (Wildman–Crippen LogP) is 1.07. The number of esters is 1. The van der Waals surface area contributed by atoms with Crippen LogP contribution in [0.2, 0.25) is 0 Å². The molecule has 0 rings (SSSR count). The number of carbonyl (C=O) groups is 1. The van der Waals surface area contributed by atoms with Gasteiger partial charge in [-0.1, -0.05) is 6.08 Å². The second kappa shape index (κ2) is 9.68. The zero-order valence-electron chi connectivity index (χ0n) is 9.70. The Balaban J connectivity index is 3.77. The van der Waals surface area contributed by atoms with Crippen LogP contribution < -0.4 is 0 Å². The summed E-state index contributed by atoms with van der Waals surface area (Å²) in [7, 11) is 3.08. The highest BCUT2D eigenvalue weighted by Gasteiger charge is 2.07. The van der Waals surface area contributed by atoms with E-state index in [4.69, 9.17) is 4.74 Å². The van der Waals surface area contributed by atoms with Crippen molar-refractivity contribution >= 4 is 5.97 Å². The molecule has 0 aliphatic rings. The Hall–Kier alpha value is -0.870. The second-order valence-electron chi connectivity index (χ2n) is 3.24. The number of ether oxygens (including phenoxy) is 2. The van der Waals surface area contributed by atoms with E-state index in [-0.39, 0.29) is 5.97 Å². The maximum absolute atomic E-state index is 11.0. The highest BCUT2D eigenvalue weighted by atomic mass is 16.5. The van der Waals surface area contributed by atoms with Gasteiger partial charge in [-0.2, -0.15) is 0 Å². The maximum atomic E-state index is 11.0. The lowest BCUT2D eigenvalue weighted by atomic mass is 10.3. The van der Waals surface area contributed by atoms with Crippen LogP contribution in [0.4, 0.5) is 0 Å². The van der Waals surface area contributed by atoms with Crippen molar-refractivity contribution < 1.29 is 14.3 Å². The molecule has 0 saturated heterocycles. The molecule has 0 aromatic carbocycles. The molecule has 0 atom stereocenters. The molecule has 0 aromatic rings. The number of rotatable bonds is 9. The van der Waals surface area contributed by atoms with E-state index < -0.39 is 0 Å². The molecule has 15 heavy (non-hydrogen) atoms. The molecule has 0 aliphatic heterocycles. The molecule has 4 nitrogen and oxygen atoms in total. The molecule has 0 bridgehead atoms. The monoisotopic (exact) mass is 215 g/mol. The molecule has 0 N–H and O–H groups in total. The van der Waals surface area contributed by atoms with Crippen LogP contribution in [-0.2, 0) is 14.3 Å². The summed E-state index contributed by atoms with van der Waals surface area (Å²) in [6, 6.07) is 0. The van der Waals surface area contributed by atoms with Gasteiger partial charge in [-0.25, -0.2) is 0 Å². The molecule has 0 radical (unpaired) electrons. The van der Waals surface area contributed by atoms with Gasteiger partial charge in [-0.15, -0.1) is 6.58 Å². The van der Waals surface area contributed by atoms with Crippen molar-refractivity contribution in [2.75, 3.05) is 40.5 Å². The van der Waals surface area contributed by atoms with E-state index >= 15 is 0 Å². The molecule has 0 unspecified atom stereocenters. The Kier molecular flexibility index (Phi) is 9.11. The lowest BCUT2D eigenvalue weighted by Crippen LogP contribution is -2.30. The van der Waals surface area contributed by atoms with Crippen molar-refractivity contribution in [3.05, 3.63) is 12.7 Å². The first-order chi connectivity index (χ1) is 7.24. The third-order valence-corrected chi connectivity index (χ3v) is 2.12. The first-order valence-corrected chi connectivity index (χ1v) is 5.13. The molecule has 0 heterocycles. The van der Waals surface area contributed by atoms with Crippen molar-refractivity contribution in [1.82, 2.24) is 4.90 Å². The van der Waals surface area contributed by atoms with Crippen LogP contribution >= 0.6 is 0 Å². The van der Waals surface area contributed by atoms with Crippen LogP contribution in [-0.4, -0.2) is 51.3 Å². The van der Waals surface area contributed by atoms with Crippen molar-refractivity contribution in [1.29, 1.82) is 0 Å². The van der Waals surface area contributed by atoms with Crippen LogP contribution in [0.15, 0.2) is 12.7 Å². The lowest BCUT2D eigenvalue weighted by molar-refractivity contribution is -0.141. The number of hydrogen-bond donors (Lipinski definition) is 0. The fourth-order valence-electron chi connectivity index (χ4n) is 1.18. The van der Waals surface area contributed by atoms with E-state index in [1.54, 1.807) is 7.11 Å². The summed E-state index contributed by atoms with van der Waals surface area (Å²) in [4.78, 5) is 13.1. The normalized spacial score (nSPS) is 10.3. The third kappa shape index (κ3) is 8.15. The first-order valence-electron chi connectivity index (χ1n) is 5.13. The highest BCUT2D eigenvalue weighted by molar-refractivity contribution is 5.69. The summed E-state index contributed by atoms with van der Waals surface area (Å²) in [5, 5.41) is 0. The van der Waals surface area contributed by atoms with Gasteiger partial charge in [-0.3, -0.25) is 4.79 Å². The van der Waals surface area contributed by atoms with Gasteiger partial charge in [0.05, 0.1) is 20.1 Å². The van der Waals surface area contributed by atoms with E-state index in [2.05, 4.69) is 16.2 Å². The standard InChI is InChI=1S/C11H21NO3/c1-4-5-7-12(9-10-14-2)8-6-11(13)15-3/h4H,1,5-10H2,2-3H3. The summed E-state index contributed by atoms with van der Waals surface area (Å²) >= 11 is 0. The van der Waals surface area contributed by atoms with E-state index in [1.807, 2.05) is 6.08 Å². The number of hydrogen-bond acceptors (Lipinski definition) is 4. The number of carbonyl (C=O) groups excluding carboxylic acids is 1. The molecule has 0 aliphatic carbocycles. The number of methoxy groups -OCH3 is 2. The molecular weight excluding hydrogens is 194 g/mol. The molecule has 0 saturated carbocycles. The quantitative estimate of drug-likeness (QED) is 0.426. The van der Waals surface area contributed by atoms with Crippen LogP contribution in [0, 0.1) is 0 Å². The van der Waals surface area contributed by atoms with Gasteiger partial charge in [0.2, 0.25) is 0 Å². The van der Waals surface area contributed by atoms with E-state index in [1.165, 1.54) is 7.11 Å². The predicted molar refractivity (Wildman–Crippen MR) is 59.8 cm³/mol. The van der Waals surface area contributed by atoms with E-state index in [0.717, 1.165) is 19.5 Å². The van der Waals surface area contributed by atoms with Crippen LogP contribution in [0.5, 0.6) is 0 Å². The summed E-state index contributed by atoms with van der Waals surface area (Å²) < 4.78 is 9.59. The maximum Gasteiger partial charge on any atom is 0.306 e. The Morgan fingerprint density at radius 2 is 2.07 bits per heavy atom. The summed E-state index contributed by atoms with van der Waals surface area (Å²) in [6.07, 6.45) is 3.22. The minimum Gasteiger partial charge on any atom is -0.469 e. The van der Waals surface area contributed by atoms with Gasteiger partial charge in [0.1, 0.15) is 0 Å². The van der Waals surface area contributed by atoms with Gasteiger partial charge in [-0.05, 0) is 6.42 Å². The minimum absolute atomic E-state index is 0.170. The molecule has 0 fully saturated rings. The van der Waals surface area contributed by atoms with Gasteiger partial charge < -0.3 is 14.4 Å². The average Bonchev–Trinajstić information content (AvgIpc) is 2.27. The largest absolute Gasteiger partial charge is 0.469 e. The van der Waals surface area contributed by atoms with Gasteiger partial charge in [0.25, 0.3) is 0 Å². The fourth-order valence-corrected chi connectivity index (χ4v) is 1.18. The van der Waals surface area contributed by atoms with Crippen molar-refractivity contribution in [3.63, 3.8) is 0 Å². The van der Waals surface area contributed by atoms with Crippen LogP contribution in [0.3, 0.4) is 0 Å². The third-order valence-electron chi connectivity index (χ3n) is 2.12. The van der Waals surface area contributed by atoms with Gasteiger partial charge in [0, 0.05) is 26.7 Å².